The lowest BCUT2D eigenvalue weighted by Gasteiger charge is -2.22. The van der Waals surface area contributed by atoms with E-state index in [0.717, 1.165) is 35.0 Å². The van der Waals surface area contributed by atoms with Gasteiger partial charge in [-0.25, -0.2) is 4.98 Å². The number of hydrogen-bond donors (Lipinski definition) is 4. The van der Waals surface area contributed by atoms with Crippen molar-refractivity contribution in [1.82, 2.24) is 4.98 Å². The molecule has 3 unspecified atom stereocenters. The SMILES string of the molecule is N=C/C=C(\N)c1ccc2c(NC3CC4CCC3O4)cc(N)nc2c1. The largest absolute Gasteiger partial charge is 0.398 e. The molecular weight excluding hydrogens is 302 g/mol. The van der Waals surface area contributed by atoms with Crippen molar-refractivity contribution in [3.05, 3.63) is 35.9 Å². The van der Waals surface area contributed by atoms with Gasteiger partial charge in [-0.2, -0.15) is 0 Å². The summed E-state index contributed by atoms with van der Waals surface area (Å²) < 4.78 is 5.92. The Kier molecular flexibility index (Phi) is 3.61. The van der Waals surface area contributed by atoms with Crippen molar-refractivity contribution in [1.29, 1.82) is 5.41 Å². The number of nitrogens with two attached hydrogens (primary N) is 2. The van der Waals surface area contributed by atoms with Crippen LogP contribution in [0.4, 0.5) is 11.5 Å². The first-order valence-corrected chi connectivity index (χ1v) is 8.23. The summed E-state index contributed by atoms with van der Waals surface area (Å²) in [6.07, 6.45) is 6.76. The molecule has 0 radical (unpaired) electrons. The lowest BCUT2D eigenvalue weighted by molar-refractivity contribution is 0.102. The fourth-order valence-corrected chi connectivity index (χ4v) is 3.72. The molecule has 6 N–H and O–H groups in total. The fraction of sp³-hybridized carbons (Fsp3) is 0.333. The summed E-state index contributed by atoms with van der Waals surface area (Å²) in [6, 6.07) is 8.06. The second-order valence-corrected chi connectivity index (χ2v) is 6.48. The van der Waals surface area contributed by atoms with E-state index >= 15 is 0 Å². The normalized spacial score (nSPS) is 26.0. The van der Waals surface area contributed by atoms with Crippen LogP contribution in [0.25, 0.3) is 16.6 Å². The Bertz CT molecular complexity index is 832. The van der Waals surface area contributed by atoms with Gasteiger partial charge in [-0.3, -0.25) is 0 Å². The molecule has 0 saturated carbocycles. The first-order valence-electron chi connectivity index (χ1n) is 8.23. The van der Waals surface area contributed by atoms with E-state index in [1.807, 2.05) is 24.3 Å². The average molecular weight is 323 g/mol. The number of nitrogens with one attached hydrogen (secondary N) is 2. The monoisotopic (exact) mass is 323 g/mol. The van der Waals surface area contributed by atoms with Crippen LogP contribution in [0.1, 0.15) is 24.8 Å². The van der Waals surface area contributed by atoms with Gasteiger partial charge < -0.3 is 26.9 Å². The van der Waals surface area contributed by atoms with E-state index in [0.29, 0.717) is 29.8 Å². The third-order valence-corrected chi connectivity index (χ3v) is 4.87. The number of nitrogens with zero attached hydrogens (tertiary/aromatic N) is 1. The van der Waals surface area contributed by atoms with Crippen LogP contribution in [0.3, 0.4) is 0 Å². The van der Waals surface area contributed by atoms with E-state index in [-0.39, 0.29) is 0 Å². The summed E-state index contributed by atoms with van der Waals surface area (Å²) in [7, 11) is 0. The van der Waals surface area contributed by atoms with E-state index < -0.39 is 0 Å². The molecule has 2 aliphatic heterocycles. The summed E-state index contributed by atoms with van der Waals surface area (Å²) in [5.41, 5.74) is 15.1. The minimum absolute atomic E-state index is 0.296. The van der Waals surface area contributed by atoms with Gasteiger partial charge in [0.15, 0.2) is 0 Å². The summed E-state index contributed by atoms with van der Waals surface area (Å²) in [6.45, 7) is 0. The predicted octanol–water partition coefficient (Wildman–Crippen LogP) is 2.50. The second kappa shape index (κ2) is 5.79. The Morgan fingerprint density at radius 1 is 1.33 bits per heavy atom. The smallest absolute Gasteiger partial charge is 0.126 e. The number of fused-ring (bicyclic) bond motifs is 3. The molecule has 6 nitrogen and oxygen atoms in total. The van der Waals surface area contributed by atoms with Gasteiger partial charge in [-0.1, -0.05) is 12.1 Å². The number of aromatic nitrogens is 1. The zero-order chi connectivity index (χ0) is 16.7. The molecule has 3 heterocycles. The van der Waals surface area contributed by atoms with Crippen LogP contribution in [-0.2, 0) is 4.74 Å². The van der Waals surface area contributed by atoms with Crippen molar-refractivity contribution in [3.63, 3.8) is 0 Å². The lowest BCUT2D eigenvalue weighted by Crippen LogP contribution is -2.30. The molecule has 2 aliphatic rings. The molecule has 1 aromatic carbocycles. The van der Waals surface area contributed by atoms with Crippen LogP contribution >= 0.6 is 0 Å². The number of benzene rings is 1. The first-order chi connectivity index (χ1) is 11.6. The van der Waals surface area contributed by atoms with E-state index in [1.54, 1.807) is 6.08 Å². The molecule has 1 aromatic heterocycles. The highest BCUT2D eigenvalue weighted by molar-refractivity contribution is 5.95. The Balaban J connectivity index is 1.70. The number of anilines is 2. The number of pyridine rings is 1. The van der Waals surface area contributed by atoms with Crippen molar-refractivity contribution in [2.24, 2.45) is 5.73 Å². The number of allylic oxidation sites excluding steroid dienone is 1. The van der Waals surface area contributed by atoms with Crippen LogP contribution < -0.4 is 16.8 Å². The minimum Gasteiger partial charge on any atom is -0.398 e. The van der Waals surface area contributed by atoms with Gasteiger partial charge in [0, 0.05) is 29.1 Å². The highest BCUT2D eigenvalue weighted by Crippen LogP contribution is 2.37. The molecule has 24 heavy (non-hydrogen) atoms. The van der Waals surface area contributed by atoms with Crippen molar-refractivity contribution in [2.75, 3.05) is 11.1 Å². The zero-order valence-electron chi connectivity index (χ0n) is 13.3. The van der Waals surface area contributed by atoms with E-state index in [4.69, 9.17) is 21.6 Å². The Morgan fingerprint density at radius 2 is 2.21 bits per heavy atom. The topological polar surface area (TPSA) is 110 Å². The molecule has 124 valence electrons. The molecule has 2 saturated heterocycles. The molecule has 0 amide bonds. The molecule has 6 heteroatoms. The lowest BCUT2D eigenvalue weighted by atomic mass is 9.95. The average Bonchev–Trinajstić information content (AvgIpc) is 3.17. The van der Waals surface area contributed by atoms with Gasteiger partial charge in [0.05, 0.1) is 23.8 Å². The van der Waals surface area contributed by atoms with Crippen LogP contribution in [-0.4, -0.2) is 29.4 Å². The molecule has 2 aromatic rings. The van der Waals surface area contributed by atoms with Crippen molar-refractivity contribution >= 4 is 34.3 Å². The Morgan fingerprint density at radius 3 is 2.92 bits per heavy atom. The van der Waals surface area contributed by atoms with Crippen LogP contribution in [0, 0.1) is 5.41 Å². The van der Waals surface area contributed by atoms with Gasteiger partial charge in [0.1, 0.15) is 5.82 Å². The van der Waals surface area contributed by atoms with Crippen LogP contribution in [0.15, 0.2) is 30.3 Å². The first kappa shape index (κ1) is 15.0. The van der Waals surface area contributed by atoms with Crippen molar-refractivity contribution < 1.29 is 4.74 Å². The predicted molar refractivity (Wildman–Crippen MR) is 97.0 cm³/mol. The van der Waals surface area contributed by atoms with Gasteiger partial charge in [0.2, 0.25) is 0 Å². The third kappa shape index (κ3) is 2.59. The number of ether oxygens (including phenoxy) is 1. The molecular formula is C18H21N5O. The maximum Gasteiger partial charge on any atom is 0.126 e. The maximum atomic E-state index is 7.14. The second-order valence-electron chi connectivity index (χ2n) is 6.48. The fourth-order valence-electron chi connectivity index (χ4n) is 3.72. The van der Waals surface area contributed by atoms with Crippen molar-refractivity contribution in [3.8, 4) is 0 Å². The third-order valence-electron chi connectivity index (χ3n) is 4.87. The van der Waals surface area contributed by atoms with Crippen molar-refractivity contribution in [2.45, 2.75) is 37.5 Å². The number of hydrogen-bond acceptors (Lipinski definition) is 6. The van der Waals surface area contributed by atoms with Crippen LogP contribution in [0.2, 0.25) is 0 Å². The molecule has 2 fully saturated rings. The van der Waals surface area contributed by atoms with Gasteiger partial charge in [-0.15, -0.1) is 0 Å². The van der Waals surface area contributed by atoms with Crippen LogP contribution in [0.5, 0.6) is 0 Å². The van der Waals surface area contributed by atoms with Gasteiger partial charge >= 0.3 is 0 Å². The summed E-state index contributed by atoms with van der Waals surface area (Å²) in [5, 5.41) is 11.8. The summed E-state index contributed by atoms with van der Waals surface area (Å²) >= 11 is 0. The molecule has 4 rings (SSSR count). The number of nitrogen functional groups attached to an aromatic ring is 1. The highest BCUT2D eigenvalue weighted by atomic mass is 16.5. The van der Waals surface area contributed by atoms with Gasteiger partial charge in [0.25, 0.3) is 0 Å². The minimum atomic E-state index is 0.296. The van der Waals surface area contributed by atoms with E-state index in [9.17, 15) is 0 Å². The number of rotatable bonds is 4. The molecule has 0 spiro atoms. The highest BCUT2D eigenvalue weighted by Gasteiger charge is 2.40. The standard InChI is InChI=1S/C18H21N5O/c19-6-5-13(20)10-1-3-12-14(7-10)23-18(21)9-15(12)22-16-8-11-2-4-17(16)24-11/h1,3,5-7,9,11,16-17,19H,2,4,8,20H2,(H3,21,22,23)/b13-5-,19-6?. The molecule has 0 aliphatic carbocycles. The maximum absolute atomic E-state index is 7.14. The van der Waals surface area contributed by atoms with Gasteiger partial charge in [-0.05, 0) is 37.0 Å². The summed E-state index contributed by atoms with van der Waals surface area (Å²) in [4.78, 5) is 4.43. The Hall–Kier alpha value is -2.60. The molecule has 3 atom stereocenters. The molecule has 2 bridgehead atoms. The Labute approximate surface area is 140 Å². The summed E-state index contributed by atoms with van der Waals surface area (Å²) in [5.74, 6) is 0.473. The quantitative estimate of drug-likeness (QED) is 0.646. The van der Waals surface area contributed by atoms with E-state index in [2.05, 4.69) is 10.3 Å². The zero-order valence-corrected chi connectivity index (χ0v) is 13.3. The van der Waals surface area contributed by atoms with E-state index in [1.165, 1.54) is 12.6 Å².